The van der Waals surface area contributed by atoms with E-state index in [-0.39, 0.29) is 19.3 Å². The topological polar surface area (TPSA) is 153 Å². The van der Waals surface area contributed by atoms with Gasteiger partial charge in [0, 0.05) is 23.5 Å². The molecule has 0 saturated carbocycles. The average molecular weight is 703 g/mol. The first kappa shape index (κ1) is 43.1. The Kier molecular flexibility index (Phi) is 23.7. The molecule has 0 aliphatic carbocycles. The molecule has 4 rings (SSSR count). The molecule has 0 aliphatic rings. The van der Waals surface area contributed by atoms with Gasteiger partial charge < -0.3 is 40.2 Å². The molecule has 12 heteroatoms. The Morgan fingerprint density at radius 2 is 1.06 bits per heavy atom. The van der Waals surface area contributed by atoms with Crippen molar-refractivity contribution in [2.75, 3.05) is 45.1 Å². The van der Waals surface area contributed by atoms with E-state index in [9.17, 15) is 19.2 Å². The van der Waals surface area contributed by atoms with Crippen LogP contribution in [0.4, 0.5) is 16.2 Å². The maximum absolute atomic E-state index is 11.3. The van der Waals surface area contributed by atoms with E-state index in [2.05, 4.69) is 57.2 Å². The van der Waals surface area contributed by atoms with Gasteiger partial charge in [-0.3, -0.25) is 14.4 Å². The minimum atomic E-state index is -0.507. The second-order valence-electron chi connectivity index (χ2n) is 10.7. The van der Waals surface area contributed by atoms with Crippen LogP contribution in [0.1, 0.15) is 25.0 Å². The van der Waals surface area contributed by atoms with Crippen molar-refractivity contribution in [3.63, 3.8) is 0 Å². The number of alkyl carbamates (subject to hydrolysis) is 1. The molecule has 0 aromatic heterocycles. The summed E-state index contributed by atoms with van der Waals surface area (Å²) in [5.41, 5.74) is 4.07. The molecular formula is C39H50N4O8. The number of amides is 3. The van der Waals surface area contributed by atoms with Crippen LogP contribution in [0, 0.1) is 0 Å². The largest absolute Gasteiger partial charge is 0.497 e. The number of rotatable bonds is 16. The monoisotopic (exact) mass is 702 g/mol. The summed E-state index contributed by atoms with van der Waals surface area (Å²) in [7, 11) is 5.19. The molecular weight excluding hydrogens is 652 g/mol. The third-order valence-electron chi connectivity index (χ3n) is 6.76. The first-order chi connectivity index (χ1) is 24.8. The van der Waals surface area contributed by atoms with Crippen LogP contribution in [0.3, 0.4) is 0 Å². The van der Waals surface area contributed by atoms with E-state index < -0.39 is 6.09 Å². The van der Waals surface area contributed by atoms with E-state index >= 15 is 0 Å². The van der Waals surface area contributed by atoms with E-state index in [1.165, 1.54) is 5.56 Å². The van der Waals surface area contributed by atoms with Crippen molar-refractivity contribution >= 4 is 36.8 Å². The predicted octanol–water partition coefficient (Wildman–Crippen LogP) is 5.88. The minimum Gasteiger partial charge on any atom is -0.497 e. The van der Waals surface area contributed by atoms with Gasteiger partial charge in [0.25, 0.3) is 6.47 Å². The van der Waals surface area contributed by atoms with Crippen molar-refractivity contribution in [2.24, 2.45) is 0 Å². The summed E-state index contributed by atoms with van der Waals surface area (Å²) >= 11 is 0. The van der Waals surface area contributed by atoms with E-state index in [1.54, 1.807) is 62.8 Å². The Bertz CT molecular complexity index is 1420. The van der Waals surface area contributed by atoms with Crippen LogP contribution < -0.4 is 30.7 Å². The zero-order valence-corrected chi connectivity index (χ0v) is 29.9. The number of likely N-dealkylation sites (N-methyl/N-ethyl adjacent to an activating group) is 1. The molecule has 0 aliphatic heterocycles. The van der Waals surface area contributed by atoms with Gasteiger partial charge in [-0.25, -0.2) is 4.79 Å². The molecule has 4 aromatic carbocycles. The van der Waals surface area contributed by atoms with Gasteiger partial charge in [0.15, 0.2) is 0 Å². The van der Waals surface area contributed by atoms with Crippen molar-refractivity contribution in [2.45, 2.75) is 38.8 Å². The third kappa shape index (κ3) is 21.7. The molecule has 3 amide bonds. The number of nitrogens with one attached hydrogen (secondary N) is 4. The van der Waals surface area contributed by atoms with E-state index in [0.717, 1.165) is 41.3 Å². The molecule has 51 heavy (non-hydrogen) atoms. The highest BCUT2D eigenvalue weighted by Gasteiger charge is 2.08. The fourth-order valence-corrected chi connectivity index (χ4v) is 4.07. The van der Waals surface area contributed by atoms with Crippen LogP contribution in [-0.4, -0.2) is 72.0 Å². The van der Waals surface area contributed by atoms with Crippen molar-refractivity contribution in [1.29, 1.82) is 0 Å². The lowest BCUT2D eigenvalue weighted by Crippen LogP contribution is -2.35. The standard InChI is InChI=1S/C13H17NO4.C10H15N.2C8H9NO2/c1-11(9-12-5-3-2-4-6-12)14-13(16)18-8-7-17-10-15;1-9(11-2)8-10-6-4-3-5-7-10;2*1-11-8-4-2-7(3-5-8)9-6-10/h2-6,10-11H,7-9H2,1H3,(H,14,16);3-7,9,11H,8H2,1-2H3;2*2-6H,1H3,(H,9,10)/t;9-;;/m.1../s1. The first-order valence-corrected chi connectivity index (χ1v) is 16.2. The first-order valence-electron chi connectivity index (χ1n) is 16.2. The molecule has 274 valence electrons. The van der Waals surface area contributed by atoms with Crippen LogP contribution in [0.25, 0.3) is 0 Å². The number of carbonyl (C=O) groups excluding carboxylic acids is 4. The summed E-state index contributed by atoms with van der Waals surface area (Å²) < 4.78 is 19.1. The van der Waals surface area contributed by atoms with Crippen molar-refractivity contribution in [3.8, 4) is 11.5 Å². The highest BCUT2D eigenvalue weighted by atomic mass is 16.6. The molecule has 4 aromatic rings. The van der Waals surface area contributed by atoms with E-state index in [1.807, 2.05) is 50.4 Å². The maximum atomic E-state index is 11.3. The summed E-state index contributed by atoms with van der Waals surface area (Å²) in [6.07, 6.45) is 2.62. The zero-order chi connectivity index (χ0) is 37.5. The fourth-order valence-electron chi connectivity index (χ4n) is 4.07. The third-order valence-corrected chi connectivity index (χ3v) is 6.76. The van der Waals surface area contributed by atoms with Crippen molar-refractivity contribution < 1.29 is 38.1 Å². The van der Waals surface area contributed by atoms with Gasteiger partial charge in [-0.15, -0.1) is 0 Å². The smallest absolute Gasteiger partial charge is 0.407 e. The lowest BCUT2D eigenvalue weighted by atomic mass is 10.1. The number of carbonyl (C=O) groups is 4. The number of anilines is 2. The average Bonchev–Trinajstić information content (AvgIpc) is 3.16. The lowest BCUT2D eigenvalue weighted by Gasteiger charge is -2.13. The Morgan fingerprint density at radius 1 is 0.627 bits per heavy atom. The quantitative estimate of drug-likeness (QED) is 0.0828. The molecule has 0 fully saturated rings. The second kappa shape index (κ2) is 28.0. The zero-order valence-electron chi connectivity index (χ0n) is 29.9. The Balaban J connectivity index is 0.000000349. The normalized spacial score (nSPS) is 10.6. The van der Waals surface area contributed by atoms with Gasteiger partial charge in [-0.2, -0.15) is 0 Å². The number of hydrogen-bond acceptors (Lipinski definition) is 9. The van der Waals surface area contributed by atoms with Crippen LogP contribution in [0.2, 0.25) is 0 Å². The fraction of sp³-hybridized carbons (Fsp3) is 0.282. The second-order valence-corrected chi connectivity index (χ2v) is 10.7. The summed E-state index contributed by atoms with van der Waals surface area (Å²) in [6.45, 7) is 4.54. The molecule has 0 heterocycles. The Hall–Kier alpha value is -5.88. The SMILES string of the molecule is CC(Cc1ccccc1)NC(=O)OCCOC=O.CN[C@H](C)Cc1ccccc1.COc1ccc(NC=O)cc1.COc1ccc(NC=O)cc1. The van der Waals surface area contributed by atoms with Crippen molar-refractivity contribution in [1.82, 2.24) is 10.6 Å². The number of ether oxygens (including phenoxy) is 4. The number of methoxy groups -OCH3 is 2. The molecule has 0 spiro atoms. The molecule has 0 saturated heterocycles. The van der Waals surface area contributed by atoms with Gasteiger partial charge in [-0.1, -0.05) is 60.7 Å². The van der Waals surface area contributed by atoms with E-state index in [4.69, 9.17) is 14.2 Å². The highest BCUT2D eigenvalue weighted by Crippen LogP contribution is 2.14. The predicted molar refractivity (Wildman–Crippen MR) is 200 cm³/mol. The van der Waals surface area contributed by atoms with E-state index in [0.29, 0.717) is 25.3 Å². The van der Waals surface area contributed by atoms with Crippen LogP contribution in [0.15, 0.2) is 109 Å². The molecule has 0 bridgehead atoms. The Morgan fingerprint density at radius 3 is 1.43 bits per heavy atom. The molecule has 1 unspecified atom stereocenters. The number of benzene rings is 4. The van der Waals surface area contributed by atoms with Gasteiger partial charge in [0.05, 0.1) is 14.2 Å². The van der Waals surface area contributed by atoms with Gasteiger partial charge in [0.2, 0.25) is 12.8 Å². The van der Waals surface area contributed by atoms with Crippen molar-refractivity contribution in [3.05, 3.63) is 120 Å². The van der Waals surface area contributed by atoms with Crippen LogP contribution in [-0.2, 0) is 36.7 Å². The summed E-state index contributed by atoms with van der Waals surface area (Å²) in [6, 6.07) is 35.2. The summed E-state index contributed by atoms with van der Waals surface area (Å²) in [5, 5.41) is 11.0. The van der Waals surface area contributed by atoms with Gasteiger partial charge in [0.1, 0.15) is 24.7 Å². The highest BCUT2D eigenvalue weighted by molar-refractivity contribution is 5.71. The van der Waals surface area contributed by atoms with Gasteiger partial charge in [-0.05, 0) is 93.4 Å². The maximum Gasteiger partial charge on any atom is 0.407 e. The van der Waals surface area contributed by atoms with Gasteiger partial charge >= 0.3 is 6.09 Å². The summed E-state index contributed by atoms with van der Waals surface area (Å²) in [5.74, 6) is 1.56. The minimum absolute atomic E-state index is 0.0214. The Labute approximate surface area is 300 Å². The molecule has 4 N–H and O–H groups in total. The van der Waals surface area contributed by atoms with Crippen LogP contribution >= 0.6 is 0 Å². The lowest BCUT2D eigenvalue weighted by molar-refractivity contribution is -0.129. The van der Waals surface area contributed by atoms with Crippen LogP contribution in [0.5, 0.6) is 11.5 Å². The number of hydrogen-bond donors (Lipinski definition) is 4. The molecule has 0 radical (unpaired) electrons. The summed E-state index contributed by atoms with van der Waals surface area (Å²) in [4.78, 5) is 41.2. The molecule has 12 nitrogen and oxygen atoms in total. The molecule has 2 atom stereocenters.